The van der Waals surface area contributed by atoms with Gasteiger partial charge in [0.1, 0.15) is 17.3 Å². The van der Waals surface area contributed by atoms with Gasteiger partial charge in [0.15, 0.2) is 0 Å². The maximum atomic E-state index is 13.3. The molecular formula is C15H15F2N3O. The quantitative estimate of drug-likeness (QED) is 0.859. The Bertz CT molecular complexity index is 585. The van der Waals surface area contributed by atoms with Crippen molar-refractivity contribution in [1.29, 1.82) is 0 Å². The van der Waals surface area contributed by atoms with E-state index >= 15 is 0 Å². The number of pyridine rings is 1. The summed E-state index contributed by atoms with van der Waals surface area (Å²) in [6.07, 6.45) is 3.43. The second kappa shape index (κ2) is 7.33. The molecule has 1 amide bonds. The van der Waals surface area contributed by atoms with E-state index in [0.29, 0.717) is 6.54 Å². The number of hydrogen-bond acceptors (Lipinski definition) is 3. The first-order valence-corrected chi connectivity index (χ1v) is 6.50. The largest absolute Gasteiger partial charge is 0.380 e. The van der Waals surface area contributed by atoms with Crippen molar-refractivity contribution in [3.8, 4) is 0 Å². The molecule has 1 aromatic carbocycles. The Morgan fingerprint density at radius 3 is 2.57 bits per heavy atom. The van der Waals surface area contributed by atoms with E-state index < -0.39 is 11.6 Å². The van der Waals surface area contributed by atoms with Crippen molar-refractivity contribution in [2.24, 2.45) is 0 Å². The lowest BCUT2D eigenvalue weighted by Crippen LogP contribution is -2.25. The van der Waals surface area contributed by atoms with E-state index in [9.17, 15) is 13.6 Å². The zero-order valence-electron chi connectivity index (χ0n) is 11.3. The van der Waals surface area contributed by atoms with E-state index in [2.05, 4.69) is 15.6 Å². The van der Waals surface area contributed by atoms with Gasteiger partial charge in [-0.3, -0.25) is 9.78 Å². The summed E-state index contributed by atoms with van der Waals surface area (Å²) in [5.41, 5.74) is 0.677. The number of anilines is 1. The highest BCUT2D eigenvalue weighted by atomic mass is 19.1. The van der Waals surface area contributed by atoms with Gasteiger partial charge in [0, 0.05) is 31.9 Å². The molecule has 2 aromatic rings. The first-order chi connectivity index (χ1) is 10.2. The Hall–Kier alpha value is -2.50. The number of para-hydroxylation sites is 1. The number of nitrogens with one attached hydrogen (secondary N) is 2. The molecule has 0 fully saturated rings. The lowest BCUT2D eigenvalue weighted by molar-refractivity contribution is -0.121. The number of amides is 1. The standard InChI is InChI=1S/C15H15F2N3O/c16-12-4-1-5-13(17)15(12)19-8-6-14(21)20-10-11-3-2-7-18-9-11/h1-5,7,9,19H,6,8,10H2,(H,20,21). The molecule has 0 saturated carbocycles. The number of aromatic nitrogens is 1. The second-order valence-electron chi connectivity index (χ2n) is 4.41. The molecule has 0 bridgehead atoms. The zero-order chi connectivity index (χ0) is 15.1. The van der Waals surface area contributed by atoms with Gasteiger partial charge < -0.3 is 10.6 Å². The molecule has 2 rings (SSSR count). The molecule has 4 nitrogen and oxygen atoms in total. The molecule has 0 aliphatic carbocycles. The summed E-state index contributed by atoms with van der Waals surface area (Å²) in [5, 5.41) is 5.30. The van der Waals surface area contributed by atoms with Gasteiger partial charge in [-0.1, -0.05) is 12.1 Å². The predicted octanol–water partition coefficient (Wildman–Crippen LogP) is 2.48. The van der Waals surface area contributed by atoms with Crippen LogP contribution in [0.1, 0.15) is 12.0 Å². The van der Waals surface area contributed by atoms with Crippen molar-refractivity contribution in [3.63, 3.8) is 0 Å². The molecule has 2 N–H and O–H groups in total. The molecule has 1 heterocycles. The van der Waals surface area contributed by atoms with Crippen LogP contribution in [-0.4, -0.2) is 17.4 Å². The molecule has 0 radical (unpaired) electrons. The van der Waals surface area contributed by atoms with Gasteiger partial charge in [-0.15, -0.1) is 0 Å². The van der Waals surface area contributed by atoms with Crippen LogP contribution in [0.2, 0.25) is 0 Å². The molecule has 0 unspecified atom stereocenters. The lowest BCUT2D eigenvalue weighted by Gasteiger charge is -2.09. The van der Waals surface area contributed by atoms with Gasteiger partial charge in [-0.05, 0) is 23.8 Å². The normalized spacial score (nSPS) is 10.2. The topological polar surface area (TPSA) is 54.0 Å². The predicted molar refractivity (Wildman–Crippen MR) is 75.5 cm³/mol. The number of rotatable bonds is 6. The van der Waals surface area contributed by atoms with E-state index in [0.717, 1.165) is 17.7 Å². The average Bonchev–Trinajstić information content (AvgIpc) is 2.49. The van der Waals surface area contributed by atoms with Crippen molar-refractivity contribution in [3.05, 3.63) is 59.9 Å². The van der Waals surface area contributed by atoms with Crippen molar-refractivity contribution >= 4 is 11.6 Å². The molecule has 1 aromatic heterocycles. The van der Waals surface area contributed by atoms with Crippen molar-refractivity contribution in [1.82, 2.24) is 10.3 Å². The Balaban J connectivity index is 1.75. The first kappa shape index (κ1) is 14.9. The highest BCUT2D eigenvalue weighted by Crippen LogP contribution is 2.17. The molecule has 21 heavy (non-hydrogen) atoms. The number of carbonyl (C=O) groups is 1. The number of benzene rings is 1. The SMILES string of the molecule is O=C(CCNc1c(F)cccc1F)NCc1cccnc1. The minimum Gasteiger partial charge on any atom is -0.380 e. The fourth-order valence-electron chi connectivity index (χ4n) is 1.76. The van der Waals surface area contributed by atoms with E-state index in [1.54, 1.807) is 18.5 Å². The summed E-state index contributed by atoms with van der Waals surface area (Å²) in [6.45, 7) is 0.525. The summed E-state index contributed by atoms with van der Waals surface area (Å²) >= 11 is 0. The Kier molecular flexibility index (Phi) is 5.20. The van der Waals surface area contributed by atoms with E-state index in [1.165, 1.54) is 6.07 Å². The van der Waals surface area contributed by atoms with Crippen LogP contribution in [0.5, 0.6) is 0 Å². The molecule has 0 spiro atoms. The maximum Gasteiger partial charge on any atom is 0.222 e. The molecule has 0 saturated heterocycles. The molecule has 6 heteroatoms. The molecular weight excluding hydrogens is 276 g/mol. The maximum absolute atomic E-state index is 13.3. The Morgan fingerprint density at radius 1 is 1.14 bits per heavy atom. The molecule has 0 aliphatic rings. The van der Waals surface area contributed by atoms with E-state index in [1.807, 2.05) is 6.07 Å². The van der Waals surface area contributed by atoms with Gasteiger partial charge in [0.05, 0.1) is 0 Å². The monoisotopic (exact) mass is 291 g/mol. The Labute approximate surface area is 121 Å². The van der Waals surface area contributed by atoms with Gasteiger partial charge in [-0.2, -0.15) is 0 Å². The van der Waals surface area contributed by atoms with Crippen LogP contribution in [0.25, 0.3) is 0 Å². The minimum atomic E-state index is -0.675. The van der Waals surface area contributed by atoms with E-state index in [-0.39, 0.29) is 24.6 Å². The van der Waals surface area contributed by atoms with Crippen LogP contribution in [0, 0.1) is 11.6 Å². The lowest BCUT2D eigenvalue weighted by atomic mass is 10.2. The van der Waals surface area contributed by atoms with Crippen molar-refractivity contribution in [2.75, 3.05) is 11.9 Å². The van der Waals surface area contributed by atoms with Gasteiger partial charge in [0.2, 0.25) is 5.91 Å². The van der Waals surface area contributed by atoms with Crippen molar-refractivity contribution in [2.45, 2.75) is 13.0 Å². The molecule has 110 valence electrons. The van der Waals surface area contributed by atoms with Crippen molar-refractivity contribution < 1.29 is 13.6 Å². The number of halogens is 2. The smallest absolute Gasteiger partial charge is 0.222 e. The van der Waals surface area contributed by atoms with Crippen LogP contribution < -0.4 is 10.6 Å². The fourth-order valence-corrected chi connectivity index (χ4v) is 1.76. The first-order valence-electron chi connectivity index (χ1n) is 6.50. The Morgan fingerprint density at radius 2 is 1.90 bits per heavy atom. The summed E-state index contributed by atoms with van der Waals surface area (Å²) in [4.78, 5) is 15.6. The second-order valence-corrected chi connectivity index (χ2v) is 4.41. The van der Waals surface area contributed by atoms with Gasteiger partial charge >= 0.3 is 0 Å². The van der Waals surface area contributed by atoms with Crippen LogP contribution in [0.4, 0.5) is 14.5 Å². The third kappa shape index (κ3) is 4.52. The van der Waals surface area contributed by atoms with Crippen LogP contribution in [-0.2, 0) is 11.3 Å². The number of nitrogens with zero attached hydrogens (tertiary/aromatic N) is 1. The average molecular weight is 291 g/mol. The summed E-state index contributed by atoms with van der Waals surface area (Å²) in [5.74, 6) is -1.56. The molecule has 0 aliphatic heterocycles. The van der Waals surface area contributed by atoms with Gasteiger partial charge in [0.25, 0.3) is 0 Å². The molecule has 0 atom stereocenters. The van der Waals surface area contributed by atoms with Crippen LogP contribution >= 0.6 is 0 Å². The third-order valence-electron chi connectivity index (χ3n) is 2.83. The fraction of sp³-hybridized carbons (Fsp3) is 0.200. The van der Waals surface area contributed by atoms with Crippen LogP contribution in [0.3, 0.4) is 0 Å². The highest BCUT2D eigenvalue weighted by molar-refractivity contribution is 5.76. The highest BCUT2D eigenvalue weighted by Gasteiger charge is 2.08. The van der Waals surface area contributed by atoms with Gasteiger partial charge in [-0.25, -0.2) is 8.78 Å². The summed E-state index contributed by atoms with van der Waals surface area (Å²) < 4.78 is 26.7. The number of carbonyl (C=O) groups excluding carboxylic acids is 1. The number of hydrogen-bond donors (Lipinski definition) is 2. The van der Waals surface area contributed by atoms with Crippen LogP contribution in [0.15, 0.2) is 42.7 Å². The third-order valence-corrected chi connectivity index (χ3v) is 2.83. The summed E-state index contributed by atoms with van der Waals surface area (Å²) in [7, 11) is 0. The minimum absolute atomic E-state index is 0.119. The zero-order valence-corrected chi connectivity index (χ0v) is 11.3. The van der Waals surface area contributed by atoms with E-state index in [4.69, 9.17) is 0 Å². The summed E-state index contributed by atoms with van der Waals surface area (Å²) in [6, 6.07) is 7.24.